The first-order valence-electron chi connectivity index (χ1n) is 9.36. The summed E-state index contributed by atoms with van der Waals surface area (Å²) in [5.41, 5.74) is 1.80. The van der Waals surface area contributed by atoms with Crippen molar-refractivity contribution in [1.82, 2.24) is 14.8 Å². The van der Waals surface area contributed by atoms with Crippen LogP contribution in [0.4, 0.5) is 13.2 Å². The molecule has 148 valence electrons. The summed E-state index contributed by atoms with van der Waals surface area (Å²) in [7, 11) is 0. The molecule has 0 radical (unpaired) electrons. The molecule has 1 unspecified atom stereocenters. The van der Waals surface area contributed by atoms with Crippen LogP contribution < -0.4 is 0 Å². The number of rotatable bonds is 2. The third kappa shape index (κ3) is 3.36. The second kappa shape index (κ2) is 6.72. The van der Waals surface area contributed by atoms with Crippen molar-refractivity contribution in [2.24, 2.45) is 5.41 Å². The van der Waals surface area contributed by atoms with Crippen LogP contribution in [0.5, 0.6) is 0 Å². The fourth-order valence-corrected chi connectivity index (χ4v) is 4.80. The zero-order chi connectivity index (χ0) is 20.1. The summed E-state index contributed by atoms with van der Waals surface area (Å²) >= 11 is 1.33. The molecule has 1 atom stereocenters. The maximum absolute atomic E-state index is 13.7. The van der Waals surface area contributed by atoms with Gasteiger partial charge in [0.1, 0.15) is 0 Å². The molecule has 2 aromatic heterocycles. The average Bonchev–Trinajstić information content (AvgIpc) is 3.25. The van der Waals surface area contributed by atoms with Crippen molar-refractivity contribution < 1.29 is 13.2 Å². The number of hydrogen-bond donors (Lipinski definition) is 0. The second-order valence-corrected chi connectivity index (χ2v) is 9.15. The molecular weight excluding hydrogens is 383 g/mol. The molecule has 1 aromatic carbocycles. The molecule has 0 fully saturated rings. The third-order valence-electron chi connectivity index (χ3n) is 5.33. The van der Waals surface area contributed by atoms with E-state index >= 15 is 0 Å². The first-order chi connectivity index (χ1) is 13.2. The Hall–Kier alpha value is -2.15. The molecule has 2 heterocycles. The molecule has 0 saturated heterocycles. The molecule has 3 aromatic rings. The number of fused-ring (bicyclic) bond motifs is 1. The second-order valence-electron chi connectivity index (χ2n) is 8.31. The highest BCUT2D eigenvalue weighted by atomic mass is 32.1. The van der Waals surface area contributed by atoms with Gasteiger partial charge in [-0.2, -0.15) is 18.3 Å². The minimum atomic E-state index is -4.46. The first-order valence-corrected chi connectivity index (χ1v) is 10.2. The maximum atomic E-state index is 13.7. The molecule has 0 aliphatic heterocycles. The van der Waals surface area contributed by atoms with Gasteiger partial charge in [0.25, 0.3) is 0 Å². The SMILES string of the molecule is CC(C)(C)C1CCCc2c(C(F)(F)F)nn(-c3nc(-c4ccccc4)cs3)c21. The molecule has 0 spiro atoms. The van der Waals surface area contributed by atoms with E-state index in [9.17, 15) is 13.2 Å². The molecule has 28 heavy (non-hydrogen) atoms. The van der Waals surface area contributed by atoms with Gasteiger partial charge in [-0.05, 0) is 24.7 Å². The average molecular weight is 405 g/mol. The predicted molar refractivity (Wildman–Crippen MR) is 105 cm³/mol. The summed E-state index contributed by atoms with van der Waals surface area (Å²) in [6.07, 6.45) is -2.45. The van der Waals surface area contributed by atoms with Crippen LogP contribution in [0.2, 0.25) is 0 Å². The molecular formula is C21H22F3N3S. The van der Waals surface area contributed by atoms with Crippen molar-refractivity contribution in [3.05, 3.63) is 52.7 Å². The van der Waals surface area contributed by atoms with Crippen LogP contribution in [0.3, 0.4) is 0 Å². The van der Waals surface area contributed by atoms with Gasteiger partial charge in [-0.3, -0.25) is 0 Å². The molecule has 0 bridgehead atoms. The van der Waals surface area contributed by atoms with E-state index in [-0.39, 0.29) is 11.3 Å². The van der Waals surface area contributed by atoms with E-state index in [1.165, 1.54) is 16.0 Å². The lowest BCUT2D eigenvalue weighted by atomic mass is 9.71. The van der Waals surface area contributed by atoms with Crippen molar-refractivity contribution in [3.63, 3.8) is 0 Å². The fourth-order valence-electron chi connectivity index (χ4n) is 4.01. The van der Waals surface area contributed by atoms with Crippen molar-refractivity contribution in [2.45, 2.75) is 52.1 Å². The number of thiazole rings is 1. The van der Waals surface area contributed by atoms with Crippen LogP contribution in [-0.4, -0.2) is 14.8 Å². The van der Waals surface area contributed by atoms with Crippen LogP contribution in [-0.2, 0) is 12.6 Å². The Kier molecular flexibility index (Phi) is 4.61. The predicted octanol–water partition coefficient (Wildman–Crippen LogP) is 6.48. The zero-order valence-corrected chi connectivity index (χ0v) is 16.9. The summed E-state index contributed by atoms with van der Waals surface area (Å²) in [6, 6.07) is 9.64. The van der Waals surface area contributed by atoms with E-state index in [0.717, 1.165) is 24.1 Å². The number of nitrogens with zero attached hydrogens (tertiary/aromatic N) is 3. The van der Waals surface area contributed by atoms with Gasteiger partial charge < -0.3 is 0 Å². The Balaban J connectivity index is 1.88. The highest BCUT2D eigenvalue weighted by Crippen LogP contribution is 2.47. The summed E-state index contributed by atoms with van der Waals surface area (Å²) in [5, 5.41) is 6.41. The Morgan fingerprint density at radius 2 is 1.82 bits per heavy atom. The highest BCUT2D eigenvalue weighted by Gasteiger charge is 2.44. The number of alkyl halides is 3. The lowest BCUT2D eigenvalue weighted by Crippen LogP contribution is -2.25. The van der Waals surface area contributed by atoms with Gasteiger partial charge in [0.2, 0.25) is 5.13 Å². The van der Waals surface area contributed by atoms with Crippen LogP contribution in [0.15, 0.2) is 35.7 Å². The van der Waals surface area contributed by atoms with Crippen LogP contribution >= 0.6 is 11.3 Å². The van der Waals surface area contributed by atoms with Crippen LogP contribution in [0.25, 0.3) is 16.4 Å². The Labute approximate surface area is 166 Å². The molecule has 0 amide bonds. The van der Waals surface area contributed by atoms with Gasteiger partial charge in [-0.15, -0.1) is 11.3 Å². The monoisotopic (exact) mass is 405 g/mol. The zero-order valence-electron chi connectivity index (χ0n) is 16.0. The lowest BCUT2D eigenvalue weighted by Gasteiger charge is -2.34. The van der Waals surface area contributed by atoms with E-state index in [2.05, 4.69) is 30.9 Å². The van der Waals surface area contributed by atoms with Gasteiger partial charge in [0, 0.05) is 22.4 Å². The quantitative estimate of drug-likeness (QED) is 0.488. The van der Waals surface area contributed by atoms with Crippen LogP contribution in [0.1, 0.15) is 56.5 Å². The Morgan fingerprint density at radius 1 is 1.11 bits per heavy atom. The van der Waals surface area contributed by atoms with Crippen molar-refractivity contribution >= 4 is 11.3 Å². The van der Waals surface area contributed by atoms with E-state index in [1.54, 1.807) is 0 Å². The molecule has 1 aliphatic rings. The molecule has 4 rings (SSSR count). The van der Waals surface area contributed by atoms with Gasteiger partial charge in [0.15, 0.2) is 5.69 Å². The summed E-state index contributed by atoms with van der Waals surface area (Å²) in [4.78, 5) is 4.62. The fraction of sp³-hybridized carbons (Fsp3) is 0.429. The molecule has 3 nitrogen and oxygen atoms in total. The van der Waals surface area contributed by atoms with Crippen molar-refractivity contribution in [2.75, 3.05) is 0 Å². The van der Waals surface area contributed by atoms with Gasteiger partial charge >= 0.3 is 6.18 Å². The van der Waals surface area contributed by atoms with Gasteiger partial charge in [0.05, 0.1) is 11.4 Å². The van der Waals surface area contributed by atoms with Gasteiger partial charge in [-0.1, -0.05) is 51.1 Å². The van der Waals surface area contributed by atoms with E-state index < -0.39 is 11.9 Å². The Bertz CT molecular complexity index is 981. The van der Waals surface area contributed by atoms with Gasteiger partial charge in [-0.25, -0.2) is 9.67 Å². The topological polar surface area (TPSA) is 30.7 Å². The van der Waals surface area contributed by atoms with Crippen LogP contribution in [0, 0.1) is 5.41 Å². The number of benzene rings is 1. The van der Waals surface area contributed by atoms with Crippen molar-refractivity contribution in [1.29, 1.82) is 0 Å². The third-order valence-corrected chi connectivity index (χ3v) is 6.15. The number of halogens is 3. The van der Waals surface area contributed by atoms with Crippen molar-refractivity contribution in [3.8, 4) is 16.4 Å². The number of hydrogen-bond acceptors (Lipinski definition) is 3. The first kappa shape index (κ1) is 19.2. The number of aromatic nitrogens is 3. The summed E-state index contributed by atoms with van der Waals surface area (Å²) in [6.45, 7) is 6.23. The van der Waals surface area contributed by atoms with E-state index in [0.29, 0.717) is 22.8 Å². The largest absolute Gasteiger partial charge is 0.435 e. The molecule has 7 heteroatoms. The standard InChI is InChI=1S/C21H22F3N3S/c1-20(2,3)15-11-7-10-14-17(15)27(26-18(14)21(22,23)24)19-25-16(12-28-19)13-8-5-4-6-9-13/h4-6,8-9,12,15H,7,10-11H2,1-3H3. The highest BCUT2D eigenvalue weighted by molar-refractivity contribution is 7.12. The molecule has 0 N–H and O–H groups in total. The summed E-state index contributed by atoms with van der Waals surface area (Å²) < 4.78 is 42.6. The molecule has 0 saturated carbocycles. The van der Waals surface area contributed by atoms with E-state index in [4.69, 9.17) is 0 Å². The smallest absolute Gasteiger partial charge is 0.218 e. The van der Waals surface area contributed by atoms with E-state index in [1.807, 2.05) is 35.7 Å². The Morgan fingerprint density at radius 3 is 2.46 bits per heavy atom. The maximum Gasteiger partial charge on any atom is 0.435 e. The minimum absolute atomic E-state index is 0.00363. The molecule has 1 aliphatic carbocycles. The minimum Gasteiger partial charge on any atom is -0.218 e. The normalized spacial score (nSPS) is 17.6. The summed E-state index contributed by atoms with van der Waals surface area (Å²) in [5.74, 6) is 0.00363. The lowest BCUT2D eigenvalue weighted by molar-refractivity contribution is -0.142.